The van der Waals surface area contributed by atoms with Crippen molar-refractivity contribution < 1.29 is 0 Å². The highest BCUT2D eigenvalue weighted by molar-refractivity contribution is 7.77. The van der Waals surface area contributed by atoms with Crippen LogP contribution in [-0.2, 0) is 0 Å². The van der Waals surface area contributed by atoms with Crippen LogP contribution in [0.15, 0.2) is 0 Å². The normalized spacial score (nSPS) is 38.0. The van der Waals surface area contributed by atoms with Crippen LogP contribution in [0.25, 0.3) is 0 Å². The van der Waals surface area contributed by atoms with E-state index in [0.717, 1.165) is 25.2 Å². The van der Waals surface area contributed by atoms with Gasteiger partial charge >= 0.3 is 0 Å². The number of hydrogen-bond acceptors (Lipinski definition) is 3. The summed E-state index contributed by atoms with van der Waals surface area (Å²) in [7, 11) is 0. The minimum atomic E-state index is 0.713. The Bertz CT molecular complexity index is 158. The SMILES string of the molecule is CC(C)N1C2CCC1CN(S)C2. The Balaban J connectivity index is 2.09. The second-order valence-electron chi connectivity index (χ2n) is 4.30. The summed E-state index contributed by atoms with van der Waals surface area (Å²) < 4.78 is 2.18. The van der Waals surface area contributed by atoms with Gasteiger partial charge in [-0.25, -0.2) is 0 Å². The minimum Gasteiger partial charge on any atom is -0.292 e. The molecule has 0 aromatic heterocycles. The topological polar surface area (TPSA) is 6.48 Å². The molecule has 2 nitrogen and oxygen atoms in total. The van der Waals surface area contributed by atoms with Gasteiger partial charge in [-0.15, -0.1) is 0 Å². The van der Waals surface area contributed by atoms with E-state index in [2.05, 4.69) is 35.9 Å². The molecule has 0 aromatic carbocycles. The van der Waals surface area contributed by atoms with E-state index in [9.17, 15) is 0 Å². The van der Waals surface area contributed by atoms with Gasteiger partial charge in [-0.2, -0.15) is 0 Å². The van der Waals surface area contributed by atoms with Crippen molar-refractivity contribution in [2.75, 3.05) is 13.1 Å². The van der Waals surface area contributed by atoms with Crippen LogP contribution in [0.5, 0.6) is 0 Å². The lowest BCUT2D eigenvalue weighted by Crippen LogP contribution is -2.53. The molecule has 2 bridgehead atoms. The van der Waals surface area contributed by atoms with Crippen molar-refractivity contribution in [2.45, 2.75) is 44.8 Å². The van der Waals surface area contributed by atoms with Crippen LogP contribution in [-0.4, -0.2) is 40.4 Å². The van der Waals surface area contributed by atoms with Gasteiger partial charge in [-0.3, -0.25) is 9.21 Å². The van der Waals surface area contributed by atoms with E-state index >= 15 is 0 Å². The third-order valence-electron chi connectivity index (χ3n) is 3.12. The minimum absolute atomic E-state index is 0.713. The number of rotatable bonds is 1. The summed E-state index contributed by atoms with van der Waals surface area (Å²) in [5.41, 5.74) is 0. The lowest BCUT2D eigenvalue weighted by Gasteiger charge is -2.41. The molecule has 12 heavy (non-hydrogen) atoms. The fourth-order valence-electron chi connectivity index (χ4n) is 2.76. The molecule has 2 aliphatic rings. The van der Waals surface area contributed by atoms with E-state index in [1.165, 1.54) is 12.8 Å². The Morgan fingerprint density at radius 3 is 2.08 bits per heavy atom. The maximum atomic E-state index is 4.44. The maximum absolute atomic E-state index is 4.44. The quantitative estimate of drug-likeness (QED) is 0.618. The van der Waals surface area contributed by atoms with Gasteiger partial charge in [0.1, 0.15) is 0 Å². The number of thiol groups is 1. The molecule has 0 radical (unpaired) electrons. The smallest absolute Gasteiger partial charge is 0.0244 e. The summed E-state index contributed by atoms with van der Waals surface area (Å²) in [4.78, 5) is 2.67. The molecule has 2 unspecified atom stereocenters. The largest absolute Gasteiger partial charge is 0.292 e. The predicted octanol–water partition coefficient (Wildman–Crippen LogP) is 1.39. The average molecular weight is 186 g/mol. The lowest BCUT2D eigenvalue weighted by atomic mass is 10.1. The zero-order chi connectivity index (χ0) is 8.72. The van der Waals surface area contributed by atoms with Crippen molar-refractivity contribution in [3.63, 3.8) is 0 Å². The first-order valence-corrected chi connectivity index (χ1v) is 5.29. The third kappa shape index (κ3) is 1.38. The Labute approximate surface area is 80.5 Å². The molecule has 2 saturated heterocycles. The van der Waals surface area contributed by atoms with E-state index in [1.54, 1.807) is 0 Å². The van der Waals surface area contributed by atoms with Gasteiger partial charge in [0, 0.05) is 31.2 Å². The molecule has 2 heterocycles. The van der Waals surface area contributed by atoms with Crippen molar-refractivity contribution in [2.24, 2.45) is 0 Å². The molecule has 2 rings (SSSR count). The predicted molar refractivity (Wildman–Crippen MR) is 54.3 cm³/mol. The Kier molecular flexibility index (Phi) is 2.36. The van der Waals surface area contributed by atoms with E-state index in [-0.39, 0.29) is 0 Å². The molecule has 70 valence electrons. The fraction of sp³-hybridized carbons (Fsp3) is 1.00. The standard InChI is InChI=1S/C9H18N2S/c1-7(2)11-8-3-4-9(11)6-10(12)5-8/h7-9,12H,3-6H2,1-2H3. The molecule has 0 N–H and O–H groups in total. The van der Waals surface area contributed by atoms with E-state index in [0.29, 0.717) is 6.04 Å². The molecule has 0 aliphatic carbocycles. The number of nitrogens with zero attached hydrogens (tertiary/aromatic N) is 2. The highest BCUT2D eigenvalue weighted by Crippen LogP contribution is 2.32. The highest BCUT2D eigenvalue weighted by Gasteiger charge is 2.39. The molecule has 2 fully saturated rings. The molecule has 3 heteroatoms. The first-order valence-electron chi connectivity index (χ1n) is 4.89. The number of hydrogen-bond donors (Lipinski definition) is 1. The van der Waals surface area contributed by atoms with E-state index < -0.39 is 0 Å². The molecule has 0 spiro atoms. The van der Waals surface area contributed by atoms with Crippen molar-refractivity contribution in [1.82, 2.24) is 9.21 Å². The van der Waals surface area contributed by atoms with E-state index in [1.807, 2.05) is 0 Å². The van der Waals surface area contributed by atoms with Crippen LogP contribution in [0, 0.1) is 0 Å². The van der Waals surface area contributed by atoms with Crippen LogP contribution >= 0.6 is 12.8 Å². The van der Waals surface area contributed by atoms with Gasteiger partial charge in [-0.05, 0) is 26.7 Å². The summed E-state index contributed by atoms with van der Waals surface area (Å²) in [6.07, 6.45) is 2.75. The monoisotopic (exact) mass is 186 g/mol. The second kappa shape index (κ2) is 3.20. The van der Waals surface area contributed by atoms with Gasteiger partial charge in [0.2, 0.25) is 0 Å². The molecule has 0 saturated carbocycles. The van der Waals surface area contributed by atoms with Gasteiger partial charge in [0.05, 0.1) is 0 Å². The molecular weight excluding hydrogens is 168 g/mol. The zero-order valence-corrected chi connectivity index (χ0v) is 8.80. The lowest BCUT2D eigenvalue weighted by molar-refractivity contribution is 0.0851. The maximum Gasteiger partial charge on any atom is 0.0244 e. The van der Waals surface area contributed by atoms with Crippen LogP contribution in [0.3, 0.4) is 0 Å². The first kappa shape index (κ1) is 8.85. The first-order chi connectivity index (χ1) is 5.68. The summed E-state index contributed by atoms with van der Waals surface area (Å²) in [5.74, 6) is 0. The molecule has 2 aliphatic heterocycles. The van der Waals surface area contributed by atoms with Crippen LogP contribution < -0.4 is 0 Å². The number of fused-ring (bicyclic) bond motifs is 2. The van der Waals surface area contributed by atoms with Gasteiger partial charge in [-0.1, -0.05) is 12.8 Å². The number of piperazine rings is 1. The van der Waals surface area contributed by atoms with Crippen molar-refractivity contribution in [3.05, 3.63) is 0 Å². The van der Waals surface area contributed by atoms with Crippen molar-refractivity contribution >= 4 is 12.8 Å². The fourth-order valence-corrected chi connectivity index (χ4v) is 3.13. The summed E-state index contributed by atoms with van der Waals surface area (Å²) >= 11 is 4.44. The average Bonchev–Trinajstić information content (AvgIpc) is 2.24. The van der Waals surface area contributed by atoms with E-state index in [4.69, 9.17) is 0 Å². The zero-order valence-electron chi connectivity index (χ0n) is 7.90. The Morgan fingerprint density at radius 2 is 1.67 bits per heavy atom. The molecular formula is C9H18N2S. The summed E-state index contributed by atoms with van der Waals surface area (Å²) in [5, 5.41) is 0. The molecule has 0 aromatic rings. The third-order valence-corrected chi connectivity index (χ3v) is 3.44. The van der Waals surface area contributed by atoms with Gasteiger partial charge in [0.15, 0.2) is 0 Å². The molecule has 2 atom stereocenters. The Hall–Kier alpha value is 0.270. The summed E-state index contributed by atoms with van der Waals surface area (Å²) in [6.45, 7) is 6.91. The van der Waals surface area contributed by atoms with Gasteiger partial charge in [0.25, 0.3) is 0 Å². The van der Waals surface area contributed by atoms with Crippen LogP contribution in [0.1, 0.15) is 26.7 Å². The second-order valence-corrected chi connectivity index (χ2v) is 4.86. The van der Waals surface area contributed by atoms with Crippen molar-refractivity contribution in [3.8, 4) is 0 Å². The van der Waals surface area contributed by atoms with Crippen LogP contribution in [0.2, 0.25) is 0 Å². The molecule has 0 amide bonds. The van der Waals surface area contributed by atoms with Crippen molar-refractivity contribution in [1.29, 1.82) is 0 Å². The summed E-state index contributed by atoms with van der Waals surface area (Å²) in [6, 6.07) is 2.27. The van der Waals surface area contributed by atoms with Gasteiger partial charge < -0.3 is 0 Å². The Morgan fingerprint density at radius 1 is 1.17 bits per heavy atom. The van der Waals surface area contributed by atoms with Crippen LogP contribution in [0.4, 0.5) is 0 Å². The highest BCUT2D eigenvalue weighted by atomic mass is 32.1.